The number of nitrogens with zero attached hydrogens (tertiary/aromatic N) is 1. The number of carbonyl (C=O) groups is 3. The van der Waals surface area contributed by atoms with Crippen molar-refractivity contribution in [1.82, 2.24) is 0 Å². The molecule has 0 aromatic heterocycles. The molecular formula is C21H21FN2O5. The Morgan fingerprint density at radius 2 is 2.00 bits per heavy atom. The summed E-state index contributed by atoms with van der Waals surface area (Å²) in [6.07, 6.45) is -0.0230. The Balaban J connectivity index is 1.59. The van der Waals surface area contributed by atoms with Crippen LogP contribution in [-0.2, 0) is 19.1 Å². The lowest BCUT2D eigenvalue weighted by Crippen LogP contribution is -2.28. The van der Waals surface area contributed by atoms with Gasteiger partial charge in [-0.1, -0.05) is 18.2 Å². The summed E-state index contributed by atoms with van der Waals surface area (Å²) in [6.45, 7) is 1.46. The second-order valence-electron chi connectivity index (χ2n) is 6.72. The lowest BCUT2D eigenvalue weighted by molar-refractivity contribution is -0.151. The molecule has 3 rings (SSSR count). The molecule has 1 aliphatic rings. The van der Waals surface area contributed by atoms with Crippen molar-refractivity contribution in [2.75, 3.05) is 30.5 Å². The fourth-order valence-corrected chi connectivity index (χ4v) is 3.11. The molecule has 1 saturated heterocycles. The van der Waals surface area contributed by atoms with Crippen molar-refractivity contribution >= 4 is 29.2 Å². The van der Waals surface area contributed by atoms with E-state index in [2.05, 4.69) is 5.32 Å². The molecule has 8 heteroatoms. The number of halogens is 1. The lowest BCUT2D eigenvalue weighted by atomic mass is 10.1. The van der Waals surface area contributed by atoms with Gasteiger partial charge in [-0.3, -0.25) is 14.4 Å². The van der Waals surface area contributed by atoms with Gasteiger partial charge in [0.05, 0.1) is 24.4 Å². The number of aryl methyl sites for hydroxylation is 1. The molecule has 1 fully saturated rings. The molecule has 29 heavy (non-hydrogen) atoms. The number of hydrogen-bond acceptors (Lipinski definition) is 5. The van der Waals surface area contributed by atoms with Gasteiger partial charge in [0, 0.05) is 13.0 Å². The van der Waals surface area contributed by atoms with Crippen molar-refractivity contribution in [3.63, 3.8) is 0 Å². The van der Waals surface area contributed by atoms with Crippen LogP contribution in [0.25, 0.3) is 0 Å². The summed E-state index contributed by atoms with van der Waals surface area (Å²) in [4.78, 5) is 38.1. The average Bonchev–Trinajstić information content (AvgIpc) is 3.09. The number of carbonyl (C=O) groups excluding carboxylic acids is 3. The van der Waals surface area contributed by atoms with Gasteiger partial charge < -0.3 is 19.7 Å². The SMILES string of the molecule is COc1ccc(C)cc1N1C[C@@H](C(=O)OCC(=O)Nc2ccccc2F)CC1=O. The molecule has 7 nitrogen and oxygen atoms in total. The van der Waals surface area contributed by atoms with Crippen LogP contribution in [0.2, 0.25) is 0 Å². The van der Waals surface area contributed by atoms with Crippen molar-refractivity contribution in [2.45, 2.75) is 13.3 Å². The van der Waals surface area contributed by atoms with E-state index in [9.17, 15) is 18.8 Å². The molecule has 0 saturated carbocycles. The van der Waals surface area contributed by atoms with Gasteiger partial charge in [-0.25, -0.2) is 4.39 Å². The summed E-state index contributed by atoms with van der Waals surface area (Å²) >= 11 is 0. The molecule has 152 valence electrons. The zero-order valence-corrected chi connectivity index (χ0v) is 16.1. The molecule has 2 aromatic carbocycles. The maximum Gasteiger partial charge on any atom is 0.311 e. The summed E-state index contributed by atoms with van der Waals surface area (Å²) in [5, 5.41) is 2.34. The predicted octanol–water partition coefficient (Wildman–Crippen LogP) is 2.68. The maximum absolute atomic E-state index is 13.6. The largest absolute Gasteiger partial charge is 0.495 e. The first-order valence-electron chi connectivity index (χ1n) is 9.05. The highest BCUT2D eigenvalue weighted by atomic mass is 19.1. The Morgan fingerprint density at radius 3 is 2.72 bits per heavy atom. The molecule has 0 spiro atoms. The average molecular weight is 400 g/mol. The van der Waals surface area contributed by atoms with Crippen LogP contribution in [0.4, 0.5) is 15.8 Å². The Morgan fingerprint density at radius 1 is 1.24 bits per heavy atom. The van der Waals surface area contributed by atoms with Gasteiger partial charge in [-0.15, -0.1) is 0 Å². The molecular weight excluding hydrogens is 379 g/mol. The Kier molecular flexibility index (Phi) is 6.11. The Bertz CT molecular complexity index is 946. The number of anilines is 2. The summed E-state index contributed by atoms with van der Waals surface area (Å²) in [5.74, 6) is -2.31. The normalized spacial score (nSPS) is 15.9. The summed E-state index contributed by atoms with van der Waals surface area (Å²) in [5.41, 5.74) is 1.54. The monoisotopic (exact) mass is 400 g/mol. The van der Waals surface area contributed by atoms with Gasteiger partial charge in [0.25, 0.3) is 5.91 Å². The quantitative estimate of drug-likeness (QED) is 0.754. The third kappa shape index (κ3) is 4.71. The van der Waals surface area contributed by atoms with Crippen LogP contribution >= 0.6 is 0 Å². The van der Waals surface area contributed by atoms with Gasteiger partial charge in [0.2, 0.25) is 5.91 Å². The first-order chi connectivity index (χ1) is 13.9. The molecule has 2 amide bonds. The van der Waals surface area contributed by atoms with E-state index in [1.807, 2.05) is 19.1 Å². The van der Waals surface area contributed by atoms with Crippen LogP contribution in [-0.4, -0.2) is 38.0 Å². The Labute approximate surface area is 167 Å². The van der Waals surface area contributed by atoms with E-state index < -0.39 is 30.2 Å². The minimum Gasteiger partial charge on any atom is -0.495 e. The number of rotatable bonds is 6. The highest BCUT2D eigenvalue weighted by molar-refractivity contribution is 6.01. The van der Waals surface area contributed by atoms with Crippen LogP contribution in [0.1, 0.15) is 12.0 Å². The number of hydrogen-bond donors (Lipinski definition) is 1. The number of ether oxygens (including phenoxy) is 2. The molecule has 0 unspecified atom stereocenters. The smallest absolute Gasteiger partial charge is 0.311 e. The number of esters is 1. The van der Waals surface area contributed by atoms with E-state index in [1.54, 1.807) is 12.1 Å². The van der Waals surface area contributed by atoms with Gasteiger partial charge in [0.15, 0.2) is 6.61 Å². The molecule has 1 N–H and O–H groups in total. The molecule has 0 aliphatic carbocycles. The number of para-hydroxylation sites is 1. The number of methoxy groups -OCH3 is 1. The molecule has 1 aliphatic heterocycles. The van der Waals surface area contributed by atoms with E-state index in [0.717, 1.165) is 5.56 Å². The van der Waals surface area contributed by atoms with Gasteiger partial charge in [0.1, 0.15) is 11.6 Å². The second kappa shape index (κ2) is 8.72. The van der Waals surface area contributed by atoms with E-state index in [0.29, 0.717) is 11.4 Å². The second-order valence-corrected chi connectivity index (χ2v) is 6.72. The van der Waals surface area contributed by atoms with Crippen LogP contribution in [0, 0.1) is 18.7 Å². The van der Waals surface area contributed by atoms with Crippen molar-refractivity contribution in [2.24, 2.45) is 5.92 Å². The van der Waals surface area contributed by atoms with Crippen LogP contribution in [0.5, 0.6) is 5.75 Å². The molecule has 0 bridgehead atoms. The third-order valence-electron chi connectivity index (χ3n) is 4.58. The highest BCUT2D eigenvalue weighted by Crippen LogP contribution is 2.34. The van der Waals surface area contributed by atoms with Crippen molar-refractivity contribution in [3.05, 3.63) is 53.8 Å². The van der Waals surface area contributed by atoms with Gasteiger partial charge in [-0.2, -0.15) is 0 Å². The summed E-state index contributed by atoms with van der Waals surface area (Å²) in [6, 6.07) is 11.1. The minimum atomic E-state index is -0.700. The highest BCUT2D eigenvalue weighted by Gasteiger charge is 2.37. The first-order valence-corrected chi connectivity index (χ1v) is 9.05. The van der Waals surface area contributed by atoms with Crippen molar-refractivity contribution in [3.8, 4) is 5.75 Å². The minimum absolute atomic E-state index is 0.00214. The maximum atomic E-state index is 13.6. The van der Waals surface area contributed by atoms with E-state index in [4.69, 9.17) is 9.47 Å². The van der Waals surface area contributed by atoms with Crippen LogP contribution in [0.3, 0.4) is 0 Å². The lowest BCUT2D eigenvalue weighted by Gasteiger charge is -2.20. The summed E-state index contributed by atoms with van der Waals surface area (Å²) < 4.78 is 23.9. The molecule has 1 atom stereocenters. The predicted molar refractivity (Wildman–Crippen MR) is 104 cm³/mol. The van der Waals surface area contributed by atoms with Crippen LogP contribution < -0.4 is 15.0 Å². The third-order valence-corrected chi connectivity index (χ3v) is 4.58. The van der Waals surface area contributed by atoms with Crippen molar-refractivity contribution < 1.29 is 28.2 Å². The zero-order chi connectivity index (χ0) is 21.0. The summed E-state index contributed by atoms with van der Waals surface area (Å²) in [7, 11) is 1.51. The first kappa shape index (κ1) is 20.3. The van der Waals surface area contributed by atoms with Gasteiger partial charge in [-0.05, 0) is 36.8 Å². The number of nitrogens with one attached hydrogen (secondary N) is 1. The Hall–Kier alpha value is -3.42. The van der Waals surface area contributed by atoms with E-state index in [1.165, 1.54) is 30.2 Å². The molecule has 0 radical (unpaired) electrons. The zero-order valence-electron chi connectivity index (χ0n) is 16.1. The van der Waals surface area contributed by atoms with E-state index >= 15 is 0 Å². The fraction of sp³-hybridized carbons (Fsp3) is 0.286. The van der Waals surface area contributed by atoms with Crippen molar-refractivity contribution in [1.29, 1.82) is 0 Å². The van der Waals surface area contributed by atoms with E-state index in [-0.39, 0.29) is 24.6 Å². The topological polar surface area (TPSA) is 84.9 Å². The number of benzene rings is 2. The molecule has 2 aromatic rings. The van der Waals surface area contributed by atoms with Gasteiger partial charge >= 0.3 is 5.97 Å². The number of amides is 2. The molecule has 1 heterocycles. The fourth-order valence-electron chi connectivity index (χ4n) is 3.11. The standard InChI is InChI=1S/C21H21FN2O5/c1-13-7-8-18(28-2)17(9-13)24-11-14(10-20(24)26)21(27)29-12-19(25)23-16-6-4-3-5-15(16)22/h3-9,14H,10-12H2,1-2H3,(H,23,25)/t14-/m0/s1. The van der Waals surface area contributed by atoms with Crippen LogP contribution in [0.15, 0.2) is 42.5 Å².